The lowest BCUT2D eigenvalue weighted by atomic mass is 10.2. The Hall–Kier alpha value is -2.26. The van der Waals surface area contributed by atoms with E-state index in [1.165, 1.54) is 41.4 Å². The van der Waals surface area contributed by atoms with Crippen LogP contribution in [0.4, 0.5) is 5.69 Å². The van der Waals surface area contributed by atoms with Crippen molar-refractivity contribution in [2.45, 2.75) is 35.5 Å². The third-order valence-corrected chi connectivity index (χ3v) is 8.14. The van der Waals surface area contributed by atoms with E-state index >= 15 is 0 Å². The first kappa shape index (κ1) is 23.9. The smallest absolute Gasteiger partial charge is 0.243 e. The summed E-state index contributed by atoms with van der Waals surface area (Å²) in [7, 11) is -2.26. The van der Waals surface area contributed by atoms with Gasteiger partial charge in [-0.2, -0.15) is 4.31 Å². The number of nitrogens with zero attached hydrogens (tertiary/aromatic N) is 5. The van der Waals surface area contributed by atoms with Crippen molar-refractivity contribution in [3.63, 3.8) is 0 Å². The van der Waals surface area contributed by atoms with Crippen molar-refractivity contribution in [3.8, 4) is 5.75 Å². The van der Waals surface area contributed by atoms with Crippen molar-refractivity contribution < 1.29 is 27.4 Å². The summed E-state index contributed by atoms with van der Waals surface area (Å²) >= 11 is 1.19. The van der Waals surface area contributed by atoms with E-state index in [1.807, 2.05) is 0 Å². The minimum atomic E-state index is -3.71. The zero-order valence-electron chi connectivity index (χ0n) is 18.2. The fraction of sp³-hybridized carbons (Fsp3) is 0.579. The van der Waals surface area contributed by atoms with Gasteiger partial charge in [0.1, 0.15) is 5.75 Å². The highest BCUT2D eigenvalue weighted by molar-refractivity contribution is 7.99. The lowest BCUT2D eigenvalue weighted by molar-refractivity contribution is -0.113. The molecule has 1 atom stereocenters. The summed E-state index contributed by atoms with van der Waals surface area (Å²) < 4.78 is 45.1. The molecule has 180 valence electrons. The van der Waals surface area contributed by atoms with E-state index in [0.29, 0.717) is 30.7 Å². The van der Waals surface area contributed by atoms with Gasteiger partial charge in [0.25, 0.3) is 0 Å². The molecule has 0 bridgehead atoms. The number of carbonyl (C=O) groups is 1. The molecule has 0 radical (unpaired) electrons. The monoisotopic (exact) mass is 498 g/mol. The Bertz CT molecular complexity index is 1070. The summed E-state index contributed by atoms with van der Waals surface area (Å²) in [5.74, 6) is 0.0542. The number of carbonyl (C=O) groups excluding carboxylic acids is 1. The second kappa shape index (κ2) is 10.8. The molecule has 1 aromatic heterocycles. The zero-order valence-corrected chi connectivity index (χ0v) is 19.8. The van der Waals surface area contributed by atoms with Gasteiger partial charge in [0, 0.05) is 19.7 Å². The predicted octanol–water partition coefficient (Wildman–Crippen LogP) is 0.612. The Kier molecular flexibility index (Phi) is 7.80. The number of anilines is 1. The average molecular weight is 499 g/mol. The van der Waals surface area contributed by atoms with E-state index in [1.54, 1.807) is 4.68 Å². The van der Waals surface area contributed by atoms with Crippen LogP contribution >= 0.6 is 11.8 Å². The van der Waals surface area contributed by atoms with Crippen LogP contribution in [0.15, 0.2) is 28.3 Å². The lowest BCUT2D eigenvalue weighted by Gasteiger charge is -2.26. The Morgan fingerprint density at radius 1 is 1.30 bits per heavy atom. The maximum absolute atomic E-state index is 13.0. The summed E-state index contributed by atoms with van der Waals surface area (Å²) in [5.41, 5.74) is 0.274. The van der Waals surface area contributed by atoms with Gasteiger partial charge in [0.2, 0.25) is 21.1 Å². The molecule has 2 aromatic rings. The van der Waals surface area contributed by atoms with Gasteiger partial charge < -0.3 is 19.5 Å². The first-order chi connectivity index (χ1) is 16.0. The van der Waals surface area contributed by atoms with Crippen LogP contribution in [0.1, 0.15) is 12.8 Å². The summed E-state index contributed by atoms with van der Waals surface area (Å²) in [6, 6.07) is 4.40. The van der Waals surface area contributed by atoms with Crippen molar-refractivity contribution in [3.05, 3.63) is 18.2 Å². The molecule has 0 saturated carbocycles. The second-order valence-electron chi connectivity index (χ2n) is 7.49. The number of hydrogen-bond acceptors (Lipinski definition) is 10. The molecule has 2 aliphatic rings. The SMILES string of the molecule is COc1ccc(S(=O)(=O)N2CCOCC2)cc1NC(=O)CSc1nnnn1C[C@@H]1CCCO1. The number of morpholine rings is 1. The number of rotatable bonds is 9. The number of nitrogens with one attached hydrogen (secondary N) is 1. The van der Waals surface area contributed by atoms with E-state index in [-0.39, 0.29) is 41.4 Å². The van der Waals surface area contributed by atoms with E-state index < -0.39 is 10.0 Å². The minimum absolute atomic E-state index is 0.0372. The van der Waals surface area contributed by atoms with Gasteiger partial charge in [0.05, 0.1) is 49.3 Å². The highest BCUT2D eigenvalue weighted by Gasteiger charge is 2.27. The van der Waals surface area contributed by atoms with Crippen LogP contribution in [0.25, 0.3) is 0 Å². The molecule has 1 N–H and O–H groups in total. The first-order valence-electron chi connectivity index (χ1n) is 10.5. The largest absolute Gasteiger partial charge is 0.495 e. The van der Waals surface area contributed by atoms with Crippen molar-refractivity contribution in [2.75, 3.05) is 51.1 Å². The molecule has 0 unspecified atom stereocenters. The van der Waals surface area contributed by atoms with Crippen LogP contribution in [0.5, 0.6) is 5.75 Å². The third kappa shape index (κ3) is 5.81. The number of amides is 1. The van der Waals surface area contributed by atoms with E-state index in [4.69, 9.17) is 14.2 Å². The summed E-state index contributed by atoms with van der Waals surface area (Å²) in [6.45, 7) is 2.54. The Balaban J connectivity index is 1.41. The highest BCUT2D eigenvalue weighted by atomic mass is 32.2. The van der Waals surface area contributed by atoms with Crippen LogP contribution in [-0.4, -0.2) is 90.7 Å². The predicted molar refractivity (Wildman–Crippen MR) is 119 cm³/mol. The number of benzene rings is 1. The van der Waals surface area contributed by atoms with Crippen LogP contribution < -0.4 is 10.1 Å². The molecule has 14 heteroatoms. The number of ether oxygens (including phenoxy) is 3. The Labute approximate surface area is 196 Å². The molecule has 2 saturated heterocycles. The van der Waals surface area contributed by atoms with Crippen molar-refractivity contribution in [2.24, 2.45) is 0 Å². The maximum Gasteiger partial charge on any atom is 0.243 e. The number of thioether (sulfide) groups is 1. The fourth-order valence-electron chi connectivity index (χ4n) is 3.59. The van der Waals surface area contributed by atoms with E-state index in [2.05, 4.69) is 20.8 Å². The average Bonchev–Trinajstić information content (AvgIpc) is 3.50. The molecule has 33 heavy (non-hydrogen) atoms. The van der Waals surface area contributed by atoms with Crippen molar-refractivity contribution in [1.82, 2.24) is 24.5 Å². The zero-order chi connectivity index (χ0) is 23.3. The molecule has 2 aliphatic heterocycles. The first-order valence-corrected chi connectivity index (χ1v) is 13.0. The van der Waals surface area contributed by atoms with Crippen molar-refractivity contribution >= 4 is 33.4 Å². The normalized spacial score (nSPS) is 19.5. The van der Waals surface area contributed by atoms with Crippen LogP contribution in [0.2, 0.25) is 0 Å². The topological polar surface area (TPSA) is 138 Å². The number of hydrogen-bond donors (Lipinski definition) is 1. The van der Waals surface area contributed by atoms with E-state index in [9.17, 15) is 13.2 Å². The Morgan fingerprint density at radius 2 is 2.12 bits per heavy atom. The third-order valence-electron chi connectivity index (χ3n) is 5.28. The van der Waals surface area contributed by atoms with Gasteiger partial charge in [-0.1, -0.05) is 11.8 Å². The van der Waals surface area contributed by atoms with E-state index in [0.717, 1.165) is 19.4 Å². The molecule has 1 amide bonds. The Morgan fingerprint density at radius 3 is 2.85 bits per heavy atom. The number of aromatic nitrogens is 4. The van der Waals surface area contributed by atoms with Gasteiger partial charge in [-0.3, -0.25) is 4.79 Å². The number of tetrazole rings is 1. The quantitative estimate of drug-likeness (QED) is 0.490. The summed E-state index contributed by atoms with van der Waals surface area (Å²) in [5, 5.41) is 14.9. The molecule has 0 aliphatic carbocycles. The van der Waals surface area contributed by atoms with Gasteiger partial charge >= 0.3 is 0 Å². The second-order valence-corrected chi connectivity index (χ2v) is 10.4. The van der Waals surface area contributed by atoms with Crippen LogP contribution in [-0.2, 0) is 30.8 Å². The summed E-state index contributed by atoms with van der Waals surface area (Å²) in [6.07, 6.45) is 2.04. The van der Waals surface area contributed by atoms with Crippen LogP contribution in [0.3, 0.4) is 0 Å². The minimum Gasteiger partial charge on any atom is -0.495 e. The molecular weight excluding hydrogens is 472 g/mol. The molecule has 4 rings (SSSR count). The fourth-order valence-corrected chi connectivity index (χ4v) is 5.71. The number of sulfonamides is 1. The number of methoxy groups -OCH3 is 1. The highest BCUT2D eigenvalue weighted by Crippen LogP contribution is 2.29. The standard InChI is InChI=1S/C19H26N6O6S2/c1-29-17-5-4-15(33(27,28)24-6-9-30-10-7-24)11-16(17)20-18(26)13-32-19-21-22-23-25(19)12-14-3-2-8-31-14/h4-5,11,14H,2-3,6-10,12-13H2,1H3,(H,20,26)/t14-/m0/s1. The lowest BCUT2D eigenvalue weighted by Crippen LogP contribution is -2.40. The van der Waals surface area contributed by atoms with Gasteiger partial charge in [-0.05, 0) is 41.5 Å². The molecular formula is C19H26N6O6S2. The van der Waals surface area contributed by atoms with Gasteiger partial charge in [-0.15, -0.1) is 5.10 Å². The van der Waals surface area contributed by atoms with Crippen molar-refractivity contribution in [1.29, 1.82) is 0 Å². The van der Waals surface area contributed by atoms with Gasteiger partial charge in [0.15, 0.2) is 0 Å². The molecule has 1 aromatic carbocycles. The summed E-state index contributed by atoms with van der Waals surface area (Å²) in [4.78, 5) is 12.7. The molecule has 12 nitrogen and oxygen atoms in total. The van der Waals surface area contributed by atoms with Gasteiger partial charge in [-0.25, -0.2) is 13.1 Å². The maximum atomic E-state index is 13.0. The van der Waals surface area contributed by atoms with Crippen LogP contribution in [0, 0.1) is 0 Å². The molecule has 3 heterocycles. The molecule has 2 fully saturated rings. The molecule has 0 spiro atoms.